The van der Waals surface area contributed by atoms with Crippen molar-refractivity contribution < 1.29 is 13.9 Å². The van der Waals surface area contributed by atoms with E-state index in [1.807, 2.05) is 18.9 Å². The van der Waals surface area contributed by atoms with Crippen molar-refractivity contribution in [1.82, 2.24) is 4.90 Å². The molecule has 2 rings (SSSR count). The van der Waals surface area contributed by atoms with Gasteiger partial charge in [-0.2, -0.15) is 0 Å². The summed E-state index contributed by atoms with van der Waals surface area (Å²) in [6.07, 6.45) is 0. The fourth-order valence-corrected chi connectivity index (χ4v) is 2.48. The van der Waals surface area contributed by atoms with Gasteiger partial charge in [0.1, 0.15) is 11.6 Å². The number of benzene rings is 2. The lowest BCUT2D eigenvalue weighted by molar-refractivity contribution is -0.117. The second-order valence-corrected chi connectivity index (χ2v) is 6.06. The molecule has 2 aromatic rings. The third-order valence-corrected chi connectivity index (χ3v) is 3.94. The number of hydrogen-bond acceptors (Lipinski definition) is 3. The minimum absolute atomic E-state index is 0.167. The monoisotopic (exact) mass is 350 g/mol. The van der Waals surface area contributed by atoms with Gasteiger partial charge in [-0.15, -0.1) is 0 Å². The number of methoxy groups -OCH3 is 1. The van der Waals surface area contributed by atoms with Crippen LogP contribution in [0.15, 0.2) is 36.4 Å². The van der Waals surface area contributed by atoms with Crippen LogP contribution in [0.4, 0.5) is 10.1 Å². The quantitative estimate of drug-likeness (QED) is 0.860. The number of halogens is 2. The lowest BCUT2D eigenvalue weighted by Gasteiger charge is -2.17. The second-order valence-electron chi connectivity index (χ2n) is 5.65. The normalized spacial score (nSPS) is 10.8. The van der Waals surface area contributed by atoms with E-state index in [2.05, 4.69) is 5.32 Å². The van der Waals surface area contributed by atoms with Crippen molar-refractivity contribution in [2.45, 2.75) is 13.5 Å². The molecule has 24 heavy (non-hydrogen) atoms. The summed E-state index contributed by atoms with van der Waals surface area (Å²) in [6, 6.07) is 9.67. The number of amides is 1. The van der Waals surface area contributed by atoms with Crippen molar-refractivity contribution in [3.8, 4) is 5.75 Å². The molecule has 2 aromatic carbocycles. The number of anilines is 1. The number of ether oxygens (including phenoxy) is 1. The number of hydrogen-bond donors (Lipinski definition) is 1. The molecular formula is C18H20ClFN2O2. The van der Waals surface area contributed by atoms with Crippen molar-refractivity contribution in [3.63, 3.8) is 0 Å². The van der Waals surface area contributed by atoms with Gasteiger partial charge < -0.3 is 10.1 Å². The standard InChI is InChI=1S/C18H20ClFN2O2/c1-12-8-16(17(24-3)9-15(12)19)21-18(23)11-22(2)10-13-4-6-14(20)7-5-13/h4-9H,10-11H2,1-3H3,(H,21,23). The number of nitrogens with zero attached hydrogens (tertiary/aromatic N) is 1. The summed E-state index contributed by atoms with van der Waals surface area (Å²) in [7, 11) is 3.35. The van der Waals surface area contributed by atoms with Crippen molar-refractivity contribution >= 4 is 23.2 Å². The highest BCUT2D eigenvalue weighted by atomic mass is 35.5. The lowest BCUT2D eigenvalue weighted by Crippen LogP contribution is -2.30. The van der Waals surface area contributed by atoms with Gasteiger partial charge in [-0.25, -0.2) is 4.39 Å². The van der Waals surface area contributed by atoms with Crippen molar-refractivity contribution in [1.29, 1.82) is 0 Å². The maximum atomic E-state index is 12.9. The number of carbonyl (C=O) groups is 1. The Morgan fingerprint density at radius 2 is 1.96 bits per heavy atom. The first kappa shape index (κ1) is 18.2. The molecule has 0 radical (unpaired) electrons. The summed E-state index contributed by atoms with van der Waals surface area (Å²) in [5.41, 5.74) is 2.37. The molecule has 0 spiro atoms. The highest BCUT2D eigenvalue weighted by Crippen LogP contribution is 2.30. The van der Waals surface area contributed by atoms with E-state index in [4.69, 9.17) is 16.3 Å². The number of carbonyl (C=O) groups excluding carboxylic acids is 1. The summed E-state index contributed by atoms with van der Waals surface area (Å²) < 4.78 is 18.2. The zero-order valence-electron chi connectivity index (χ0n) is 13.9. The van der Waals surface area contributed by atoms with Crippen LogP contribution in [0.1, 0.15) is 11.1 Å². The maximum absolute atomic E-state index is 12.9. The predicted molar refractivity (Wildman–Crippen MR) is 94.1 cm³/mol. The molecule has 0 aromatic heterocycles. The molecule has 4 nitrogen and oxygen atoms in total. The van der Waals surface area contributed by atoms with Gasteiger partial charge in [0.15, 0.2) is 0 Å². The van der Waals surface area contributed by atoms with E-state index in [-0.39, 0.29) is 18.3 Å². The summed E-state index contributed by atoms with van der Waals surface area (Å²) in [6.45, 7) is 2.60. The summed E-state index contributed by atoms with van der Waals surface area (Å²) in [5.74, 6) is 0.0733. The first-order valence-corrected chi connectivity index (χ1v) is 7.84. The van der Waals surface area contributed by atoms with Gasteiger partial charge >= 0.3 is 0 Å². The van der Waals surface area contributed by atoms with Crippen LogP contribution in [0.5, 0.6) is 5.75 Å². The van der Waals surface area contributed by atoms with E-state index >= 15 is 0 Å². The molecule has 0 saturated heterocycles. The average Bonchev–Trinajstić information content (AvgIpc) is 2.52. The fourth-order valence-electron chi connectivity index (χ4n) is 2.32. The van der Waals surface area contributed by atoms with E-state index in [9.17, 15) is 9.18 Å². The van der Waals surface area contributed by atoms with Crippen LogP contribution in [-0.2, 0) is 11.3 Å². The number of rotatable bonds is 6. The van der Waals surface area contributed by atoms with Crippen molar-refractivity contribution in [2.75, 3.05) is 26.0 Å². The van der Waals surface area contributed by atoms with E-state index in [1.54, 1.807) is 24.3 Å². The van der Waals surface area contributed by atoms with Gasteiger partial charge in [0.25, 0.3) is 0 Å². The van der Waals surface area contributed by atoms with Crippen LogP contribution < -0.4 is 10.1 Å². The van der Waals surface area contributed by atoms with E-state index in [0.717, 1.165) is 11.1 Å². The van der Waals surface area contributed by atoms with Crippen molar-refractivity contribution in [3.05, 3.63) is 58.4 Å². The topological polar surface area (TPSA) is 41.6 Å². The van der Waals surface area contributed by atoms with Crippen LogP contribution in [0.2, 0.25) is 5.02 Å². The Balaban J connectivity index is 1.97. The first-order chi connectivity index (χ1) is 11.4. The highest BCUT2D eigenvalue weighted by Gasteiger charge is 2.12. The Morgan fingerprint density at radius 1 is 1.29 bits per heavy atom. The number of nitrogens with one attached hydrogen (secondary N) is 1. The first-order valence-electron chi connectivity index (χ1n) is 7.46. The Bertz CT molecular complexity index is 720. The number of likely N-dealkylation sites (N-methyl/N-ethyl adjacent to an activating group) is 1. The van der Waals surface area contributed by atoms with Crippen LogP contribution in [-0.4, -0.2) is 31.5 Å². The third kappa shape index (κ3) is 4.94. The van der Waals surface area contributed by atoms with Gasteiger partial charge in [0, 0.05) is 17.6 Å². The Kier molecular flexibility index (Phi) is 6.17. The zero-order valence-corrected chi connectivity index (χ0v) is 14.7. The van der Waals surface area contributed by atoms with E-state index in [0.29, 0.717) is 23.0 Å². The average molecular weight is 351 g/mol. The second kappa shape index (κ2) is 8.13. The minimum Gasteiger partial charge on any atom is -0.495 e. The highest BCUT2D eigenvalue weighted by molar-refractivity contribution is 6.31. The molecule has 0 aliphatic heterocycles. The summed E-state index contributed by atoms with van der Waals surface area (Å²) in [4.78, 5) is 14.1. The predicted octanol–water partition coefficient (Wildman–Crippen LogP) is 3.87. The zero-order chi connectivity index (χ0) is 17.7. The van der Waals surface area contributed by atoms with Crippen molar-refractivity contribution in [2.24, 2.45) is 0 Å². The molecule has 0 unspecified atom stereocenters. The van der Waals surface area contributed by atoms with Gasteiger partial charge in [-0.1, -0.05) is 23.7 Å². The fraction of sp³-hybridized carbons (Fsp3) is 0.278. The van der Waals surface area contributed by atoms with Crippen LogP contribution in [0, 0.1) is 12.7 Å². The van der Waals surface area contributed by atoms with Gasteiger partial charge in [-0.3, -0.25) is 9.69 Å². The Morgan fingerprint density at radius 3 is 2.58 bits per heavy atom. The third-order valence-electron chi connectivity index (χ3n) is 3.53. The Labute approximate surface area is 146 Å². The van der Waals surface area contributed by atoms with E-state index in [1.165, 1.54) is 19.2 Å². The smallest absolute Gasteiger partial charge is 0.238 e. The molecule has 0 fully saturated rings. The lowest BCUT2D eigenvalue weighted by atomic mass is 10.2. The molecule has 0 aliphatic rings. The molecule has 0 saturated carbocycles. The largest absolute Gasteiger partial charge is 0.495 e. The van der Waals surface area contributed by atoms with E-state index < -0.39 is 0 Å². The summed E-state index contributed by atoms with van der Waals surface area (Å²) >= 11 is 6.06. The molecule has 1 amide bonds. The number of aryl methyl sites for hydroxylation is 1. The van der Waals surface area contributed by atoms with Gasteiger partial charge in [0.2, 0.25) is 5.91 Å². The molecule has 0 atom stereocenters. The van der Waals surface area contributed by atoms with Gasteiger partial charge in [0.05, 0.1) is 19.3 Å². The minimum atomic E-state index is -0.274. The molecule has 6 heteroatoms. The molecule has 0 bridgehead atoms. The van der Waals surface area contributed by atoms with Crippen LogP contribution in [0.3, 0.4) is 0 Å². The summed E-state index contributed by atoms with van der Waals surface area (Å²) in [5, 5.41) is 3.41. The van der Waals surface area contributed by atoms with Gasteiger partial charge in [-0.05, 0) is 43.3 Å². The Hall–Kier alpha value is -2.11. The molecule has 0 aliphatic carbocycles. The molecular weight excluding hydrogens is 331 g/mol. The SMILES string of the molecule is COc1cc(Cl)c(C)cc1NC(=O)CN(C)Cc1ccc(F)cc1. The molecule has 128 valence electrons. The molecule has 1 N–H and O–H groups in total. The molecule has 0 heterocycles. The van der Waals surface area contributed by atoms with Crippen LogP contribution in [0.25, 0.3) is 0 Å². The van der Waals surface area contributed by atoms with Crippen LogP contribution >= 0.6 is 11.6 Å². The maximum Gasteiger partial charge on any atom is 0.238 e.